The van der Waals surface area contributed by atoms with E-state index in [2.05, 4.69) is 0 Å². The Kier molecular flexibility index (Phi) is 4.54. The largest absolute Gasteiger partial charge is 0.497 e. The van der Waals surface area contributed by atoms with E-state index >= 15 is 0 Å². The lowest BCUT2D eigenvalue weighted by Crippen LogP contribution is -2.26. The van der Waals surface area contributed by atoms with Crippen molar-refractivity contribution in [2.45, 2.75) is 6.92 Å². The number of hydrogen-bond donors (Lipinski definition) is 0. The molecule has 1 amide bonds. The molecule has 0 saturated carbocycles. The van der Waals surface area contributed by atoms with Crippen LogP contribution in [0.1, 0.15) is 12.7 Å². The van der Waals surface area contributed by atoms with E-state index in [1.165, 1.54) is 0 Å². The van der Waals surface area contributed by atoms with E-state index in [1.807, 2.05) is 49.4 Å². The van der Waals surface area contributed by atoms with Crippen LogP contribution in [0.3, 0.4) is 0 Å². The molecule has 1 aliphatic rings. The number of carbonyl (C=O) groups excluding carboxylic acids is 1. The highest BCUT2D eigenvalue weighted by Crippen LogP contribution is 2.34. The summed E-state index contributed by atoms with van der Waals surface area (Å²) in [7, 11) is 1.63. The first-order valence-electron chi connectivity index (χ1n) is 7.12. The third-order valence-corrected chi connectivity index (χ3v) is 4.94. The van der Waals surface area contributed by atoms with Gasteiger partial charge in [-0.2, -0.15) is 0 Å². The number of furan rings is 1. The van der Waals surface area contributed by atoms with Crippen molar-refractivity contribution in [3.05, 3.63) is 47.1 Å². The summed E-state index contributed by atoms with van der Waals surface area (Å²) in [5.41, 5.74) is 0.932. The molecule has 2 heterocycles. The van der Waals surface area contributed by atoms with E-state index in [0.717, 1.165) is 33.7 Å². The van der Waals surface area contributed by atoms with Crippen LogP contribution in [0, 0.1) is 0 Å². The molecule has 0 radical (unpaired) electrons. The number of hydrogen-bond acceptors (Lipinski definition) is 5. The Hall–Kier alpha value is -2.05. The average molecular weight is 345 g/mol. The molecule has 6 heteroatoms. The molecular formula is C17H15NO3S2. The van der Waals surface area contributed by atoms with E-state index in [9.17, 15) is 4.79 Å². The Balaban J connectivity index is 1.86. The second-order valence-corrected chi connectivity index (χ2v) is 6.24. The topological polar surface area (TPSA) is 42.7 Å². The van der Waals surface area contributed by atoms with Gasteiger partial charge in [-0.1, -0.05) is 24.4 Å². The number of nitrogens with zero attached hydrogens (tertiary/aromatic N) is 1. The lowest BCUT2D eigenvalue weighted by Gasteiger charge is -2.09. The fraction of sp³-hybridized carbons (Fsp3) is 0.176. The molecule has 0 atom stereocenters. The SMILES string of the molecule is CCN1C(=O)S/C(=C\c2ccc(-c3cccc(OC)c3)o2)C1=S. The second-order valence-electron chi connectivity index (χ2n) is 4.86. The van der Waals surface area contributed by atoms with Crippen LogP contribution >= 0.6 is 24.0 Å². The van der Waals surface area contributed by atoms with E-state index in [1.54, 1.807) is 12.0 Å². The fourth-order valence-electron chi connectivity index (χ4n) is 2.26. The summed E-state index contributed by atoms with van der Waals surface area (Å²) < 4.78 is 11.1. The number of rotatable bonds is 4. The normalized spacial score (nSPS) is 16.4. The van der Waals surface area contributed by atoms with E-state index in [0.29, 0.717) is 17.3 Å². The number of benzene rings is 1. The van der Waals surface area contributed by atoms with Gasteiger partial charge in [-0.05, 0) is 49.0 Å². The van der Waals surface area contributed by atoms with Crippen LogP contribution in [0.4, 0.5) is 4.79 Å². The van der Waals surface area contributed by atoms with Crippen LogP contribution < -0.4 is 4.74 Å². The molecule has 2 aromatic rings. The first-order valence-corrected chi connectivity index (χ1v) is 8.34. The second kappa shape index (κ2) is 6.60. The van der Waals surface area contributed by atoms with Crippen molar-refractivity contribution in [1.29, 1.82) is 0 Å². The summed E-state index contributed by atoms with van der Waals surface area (Å²) in [5, 5.41) is -0.0386. The third kappa shape index (κ3) is 3.18. The predicted octanol–water partition coefficient (Wildman–Crippen LogP) is 4.81. The molecule has 1 aromatic carbocycles. The molecule has 3 rings (SSSR count). The van der Waals surface area contributed by atoms with E-state index < -0.39 is 0 Å². The maximum absolute atomic E-state index is 11.8. The Bertz CT molecular complexity index is 795. The van der Waals surface area contributed by atoms with E-state index in [-0.39, 0.29) is 5.24 Å². The number of amides is 1. The Morgan fingerprint density at radius 2 is 2.17 bits per heavy atom. The minimum Gasteiger partial charge on any atom is -0.497 e. The molecular weight excluding hydrogens is 330 g/mol. The molecule has 1 aromatic heterocycles. The molecule has 23 heavy (non-hydrogen) atoms. The van der Waals surface area contributed by atoms with Gasteiger partial charge in [-0.3, -0.25) is 9.69 Å². The number of thiocarbonyl (C=S) groups is 1. The highest BCUT2D eigenvalue weighted by molar-refractivity contribution is 8.19. The Morgan fingerprint density at radius 3 is 2.87 bits per heavy atom. The van der Waals surface area contributed by atoms with Crippen LogP contribution in [-0.2, 0) is 0 Å². The Labute approximate surface area is 144 Å². The zero-order valence-corrected chi connectivity index (χ0v) is 14.4. The zero-order chi connectivity index (χ0) is 16.4. The average Bonchev–Trinajstić information content (AvgIpc) is 3.13. The molecule has 1 aliphatic heterocycles. The minimum atomic E-state index is -0.0386. The number of thioether (sulfide) groups is 1. The van der Waals surface area contributed by atoms with Crippen molar-refractivity contribution < 1.29 is 13.9 Å². The van der Waals surface area contributed by atoms with Crippen molar-refractivity contribution in [3.8, 4) is 17.1 Å². The summed E-state index contributed by atoms with van der Waals surface area (Å²) in [5.74, 6) is 2.18. The number of methoxy groups -OCH3 is 1. The van der Waals surface area contributed by atoms with Gasteiger partial charge in [0.2, 0.25) is 0 Å². The van der Waals surface area contributed by atoms with Crippen molar-refractivity contribution in [3.63, 3.8) is 0 Å². The van der Waals surface area contributed by atoms with Crippen LogP contribution in [0.15, 0.2) is 45.7 Å². The van der Waals surface area contributed by atoms with Gasteiger partial charge in [-0.25, -0.2) is 0 Å². The summed E-state index contributed by atoms with van der Waals surface area (Å²) in [4.78, 5) is 14.7. The van der Waals surface area contributed by atoms with Crippen molar-refractivity contribution in [2.75, 3.05) is 13.7 Å². The van der Waals surface area contributed by atoms with Crippen molar-refractivity contribution >= 4 is 40.3 Å². The molecule has 0 aliphatic carbocycles. The van der Waals surface area contributed by atoms with Gasteiger partial charge in [0, 0.05) is 12.1 Å². The highest BCUT2D eigenvalue weighted by atomic mass is 32.2. The zero-order valence-electron chi connectivity index (χ0n) is 12.7. The molecule has 118 valence electrons. The number of likely N-dealkylation sites (N-methyl/N-ethyl adjacent to an activating group) is 1. The predicted molar refractivity (Wildman–Crippen MR) is 96.6 cm³/mol. The first kappa shape index (κ1) is 15.8. The first-order chi connectivity index (χ1) is 11.1. The van der Waals surface area contributed by atoms with Crippen molar-refractivity contribution in [1.82, 2.24) is 4.90 Å². The monoisotopic (exact) mass is 345 g/mol. The van der Waals surface area contributed by atoms with Gasteiger partial charge < -0.3 is 9.15 Å². The maximum atomic E-state index is 11.8. The lowest BCUT2D eigenvalue weighted by molar-refractivity contribution is 0.247. The number of carbonyl (C=O) groups is 1. The maximum Gasteiger partial charge on any atom is 0.291 e. The number of ether oxygens (including phenoxy) is 1. The summed E-state index contributed by atoms with van der Waals surface area (Å²) in [6, 6.07) is 11.4. The summed E-state index contributed by atoms with van der Waals surface area (Å²) in [6.45, 7) is 2.48. The quantitative estimate of drug-likeness (QED) is 0.587. The minimum absolute atomic E-state index is 0.0386. The molecule has 0 N–H and O–H groups in total. The third-order valence-electron chi connectivity index (χ3n) is 3.44. The van der Waals surface area contributed by atoms with E-state index in [4.69, 9.17) is 21.4 Å². The summed E-state index contributed by atoms with van der Waals surface area (Å²) in [6.07, 6.45) is 1.81. The van der Waals surface area contributed by atoms with Crippen molar-refractivity contribution in [2.24, 2.45) is 0 Å². The smallest absolute Gasteiger partial charge is 0.291 e. The molecule has 1 fully saturated rings. The van der Waals surface area contributed by atoms with Gasteiger partial charge in [0.15, 0.2) is 0 Å². The standard InChI is InChI=1S/C17H15NO3S2/c1-3-18-16(22)15(23-17(18)19)10-13-7-8-14(21-13)11-5-4-6-12(9-11)20-2/h4-10H,3H2,1-2H3/b15-10-. The summed E-state index contributed by atoms with van der Waals surface area (Å²) >= 11 is 6.47. The molecule has 0 bridgehead atoms. The van der Waals surface area contributed by atoms with Crippen LogP contribution in [0.2, 0.25) is 0 Å². The van der Waals surface area contributed by atoms with Gasteiger partial charge >= 0.3 is 0 Å². The Morgan fingerprint density at radius 1 is 1.35 bits per heavy atom. The van der Waals surface area contributed by atoms with Crippen LogP contribution in [0.25, 0.3) is 17.4 Å². The van der Waals surface area contributed by atoms with Gasteiger partial charge in [0.05, 0.1) is 12.0 Å². The van der Waals surface area contributed by atoms with Gasteiger partial charge in [0.25, 0.3) is 5.24 Å². The molecule has 1 saturated heterocycles. The lowest BCUT2D eigenvalue weighted by atomic mass is 10.2. The molecule has 0 unspecified atom stereocenters. The molecule has 4 nitrogen and oxygen atoms in total. The fourth-order valence-corrected chi connectivity index (χ4v) is 3.61. The highest BCUT2D eigenvalue weighted by Gasteiger charge is 2.30. The van der Waals surface area contributed by atoms with Crippen LogP contribution in [0.5, 0.6) is 5.75 Å². The van der Waals surface area contributed by atoms with Crippen LogP contribution in [-0.4, -0.2) is 28.8 Å². The molecule has 0 spiro atoms. The van der Waals surface area contributed by atoms with Gasteiger partial charge in [-0.15, -0.1) is 0 Å². The van der Waals surface area contributed by atoms with Gasteiger partial charge in [0.1, 0.15) is 22.3 Å².